The molecule has 0 saturated heterocycles. The van der Waals surface area contributed by atoms with Crippen molar-refractivity contribution in [3.63, 3.8) is 0 Å². The predicted octanol–water partition coefficient (Wildman–Crippen LogP) is 7.92. The van der Waals surface area contributed by atoms with E-state index in [2.05, 4.69) is 17.6 Å². The second-order valence-electron chi connectivity index (χ2n) is 7.79. The quantitative estimate of drug-likeness (QED) is 0.157. The molecule has 166 valence electrons. The summed E-state index contributed by atoms with van der Waals surface area (Å²) in [7, 11) is 0. The molecule has 0 spiro atoms. The number of nitrogens with one attached hydrogen (secondary N) is 2. The van der Waals surface area contributed by atoms with Gasteiger partial charge in [-0.2, -0.15) is 0 Å². The normalized spacial score (nSPS) is 12.6. The van der Waals surface area contributed by atoms with Crippen LogP contribution in [0.3, 0.4) is 0 Å². The van der Waals surface area contributed by atoms with Crippen LogP contribution in [0.4, 0.5) is 5.69 Å². The van der Waals surface area contributed by atoms with Crippen LogP contribution in [0.15, 0.2) is 24.3 Å². The second-order valence-corrected chi connectivity index (χ2v) is 10.2. The zero-order chi connectivity index (χ0) is 21.5. The summed E-state index contributed by atoms with van der Waals surface area (Å²) in [5, 5.41) is 5.96. The third-order valence-electron chi connectivity index (χ3n) is 5.08. The standard InChI is InChI=1S/C23H37Cl3N2O/c1-3-4-5-6-7-8-9-10-11-12-13-18-21(29)28-22(23(24,25)26)27-20-17-15-14-16-19(20)2/h14-17,22,27H,3-13,18H2,1-2H3,(H,28,29)/t22-/m0/s1. The van der Waals surface area contributed by atoms with E-state index >= 15 is 0 Å². The number of aryl methyl sites for hydroxylation is 1. The van der Waals surface area contributed by atoms with Crippen molar-refractivity contribution in [2.75, 3.05) is 5.32 Å². The topological polar surface area (TPSA) is 41.1 Å². The smallest absolute Gasteiger partial charge is 0.228 e. The third-order valence-corrected chi connectivity index (χ3v) is 5.74. The molecule has 0 bridgehead atoms. The van der Waals surface area contributed by atoms with Crippen LogP contribution >= 0.6 is 34.8 Å². The van der Waals surface area contributed by atoms with Crippen LogP contribution in [0.5, 0.6) is 0 Å². The molecule has 1 aromatic carbocycles. The number of hydrogen-bond acceptors (Lipinski definition) is 2. The Labute approximate surface area is 192 Å². The minimum absolute atomic E-state index is 0.0988. The lowest BCUT2D eigenvalue weighted by molar-refractivity contribution is -0.121. The third kappa shape index (κ3) is 12.6. The molecule has 0 aromatic heterocycles. The van der Waals surface area contributed by atoms with Gasteiger partial charge in [-0.3, -0.25) is 4.79 Å². The first-order valence-electron chi connectivity index (χ1n) is 11.0. The fourth-order valence-corrected chi connectivity index (χ4v) is 3.60. The van der Waals surface area contributed by atoms with Gasteiger partial charge in [0.15, 0.2) is 0 Å². The number of rotatable bonds is 15. The number of amides is 1. The van der Waals surface area contributed by atoms with Crippen molar-refractivity contribution >= 4 is 46.4 Å². The molecule has 2 N–H and O–H groups in total. The lowest BCUT2D eigenvalue weighted by atomic mass is 10.1. The predicted molar refractivity (Wildman–Crippen MR) is 128 cm³/mol. The monoisotopic (exact) mass is 462 g/mol. The van der Waals surface area contributed by atoms with Gasteiger partial charge in [0.05, 0.1) is 0 Å². The van der Waals surface area contributed by atoms with Crippen molar-refractivity contribution in [2.45, 2.75) is 101 Å². The summed E-state index contributed by atoms with van der Waals surface area (Å²) in [4.78, 5) is 12.3. The molecule has 0 aliphatic carbocycles. The fourth-order valence-electron chi connectivity index (χ4n) is 3.27. The van der Waals surface area contributed by atoms with E-state index in [1.54, 1.807) is 0 Å². The Hall–Kier alpha value is -0.640. The van der Waals surface area contributed by atoms with Crippen molar-refractivity contribution in [1.82, 2.24) is 5.32 Å². The van der Waals surface area contributed by atoms with Gasteiger partial charge in [-0.15, -0.1) is 0 Å². The highest BCUT2D eigenvalue weighted by molar-refractivity contribution is 6.68. The Morgan fingerprint density at radius 1 is 0.897 bits per heavy atom. The van der Waals surface area contributed by atoms with Crippen molar-refractivity contribution in [3.8, 4) is 0 Å². The molecule has 3 nitrogen and oxygen atoms in total. The van der Waals surface area contributed by atoms with Crippen molar-refractivity contribution in [2.24, 2.45) is 0 Å². The maximum Gasteiger partial charge on any atom is 0.228 e. The van der Waals surface area contributed by atoms with E-state index in [4.69, 9.17) is 34.8 Å². The van der Waals surface area contributed by atoms with E-state index < -0.39 is 9.96 Å². The summed E-state index contributed by atoms with van der Waals surface area (Å²) >= 11 is 18.2. The average molecular weight is 464 g/mol. The van der Waals surface area contributed by atoms with Gasteiger partial charge < -0.3 is 10.6 Å². The van der Waals surface area contributed by atoms with Crippen LogP contribution in [0.2, 0.25) is 0 Å². The van der Waals surface area contributed by atoms with Gasteiger partial charge >= 0.3 is 0 Å². The SMILES string of the molecule is CCCCCCCCCCCCCC(=O)N[C@H](Nc1ccccc1C)C(Cl)(Cl)Cl. The van der Waals surface area contributed by atoms with E-state index in [-0.39, 0.29) is 5.91 Å². The first-order valence-corrected chi connectivity index (χ1v) is 12.2. The van der Waals surface area contributed by atoms with E-state index in [9.17, 15) is 4.79 Å². The average Bonchev–Trinajstić information content (AvgIpc) is 2.66. The Balaban J connectivity index is 2.21. The molecule has 0 radical (unpaired) electrons. The Kier molecular flexibility index (Phi) is 13.8. The number of unbranched alkanes of at least 4 members (excludes halogenated alkanes) is 10. The summed E-state index contributed by atoms with van der Waals surface area (Å²) in [6.45, 7) is 4.21. The lowest BCUT2D eigenvalue weighted by Crippen LogP contribution is -2.49. The molecule has 6 heteroatoms. The first kappa shape index (κ1) is 26.4. The fraction of sp³-hybridized carbons (Fsp3) is 0.696. The maximum absolute atomic E-state index is 12.3. The largest absolute Gasteiger partial charge is 0.362 e. The van der Waals surface area contributed by atoms with Gasteiger partial charge in [0.1, 0.15) is 6.17 Å². The summed E-state index contributed by atoms with van der Waals surface area (Å²) in [6.07, 6.45) is 13.4. The van der Waals surface area contributed by atoms with E-state index in [1.165, 1.54) is 57.8 Å². The van der Waals surface area contributed by atoms with Crippen molar-refractivity contribution in [3.05, 3.63) is 29.8 Å². The summed E-state index contributed by atoms with van der Waals surface area (Å²) in [5.74, 6) is -0.0988. The molecule has 0 fully saturated rings. The van der Waals surface area contributed by atoms with Gasteiger partial charge in [-0.05, 0) is 25.0 Å². The molecule has 0 aliphatic rings. The van der Waals surface area contributed by atoms with Crippen molar-refractivity contribution in [1.29, 1.82) is 0 Å². The Morgan fingerprint density at radius 3 is 1.93 bits per heavy atom. The number of benzene rings is 1. The van der Waals surface area contributed by atoms with Crippen LogP contribution in [0, 0.1) is 6.92 Å². The molecule has 0 saturated carbocycles. The molecule has 0 heterocycles. The van der Waals surface area contributed by atoms with Gasteiger partial charge in [-0.25, -0.2) is 0 Å². The van der Waals surface area contributed by atoms with Crippen LogP contribution in [0.1, 0.15) is 89.5 Å². The van der Waals surface area contributed by atoms with Gasteiger partial charge in [-0.1, -0.05) is 124 Å². The Bertz CT molecular complexity index is 575. The minimum Gasteiger partial charge on any atom is -0.362 e. The van der Waals surface area contributed by atoms with Crippen LogP contribution in [-0.2, 0) is 4.79 Å². The number of anilines is 1. The minimum atomic E-state index is -1.64. The molecular weight excluding hydrogens is 427 g/mol. The van der Waals surface area contributed by atoms with E-state index in [1.807, 2.05) is 31.2 Å². The lowest BCUT2D eigenvalue weighted by Gasteiger charge is -2.28. The molecule has 1 atom stereocenters. The molecule has 1 aromatic rings. The highest BCUT2D eigenvalue weighted by Crippen LogP contribution is 2.31. The molecule has 1 rings (SSSR count). The van der Waals surface area contributed by atoms with Gasteiger partial charge in [0.25, 0.3) is 0 Å². The number of alkyl halides is 3. The molecule has 0 aliphatic heterocycles. The zero-order valence-corrected chi connectivity index (χ0v) is 20.2. The van der Waals surface area contributed by atoms with E-state index in [0.717, 1.165) is 24.1 Å². The number of halogens is 3. The summed E-state index contributed by atoms with van der Waals surface area (Å²) in [5.41, 5.74) is 1.85. The molecule has 29 heavy (non-hydrogen) atoms. The highest BCUT2D eigenvalue weighted by Gasteiger charge is 2.34. The van der Waals surface area contributed by atoms with Crippen LogP contribution < -0.4 is 10.6 Å². The Morgan fingerprint density at radius 2 is 1.41 bits per heavy atom. The van der Waals surface area contributed by atoms with Crippen LogP contribution in [-0.4, -0.2) is 15.9 Å². The van der Waals surface area contributed by atoms with Gasteiger partial charge in [0, 0.05) is 12.1 Å². The van der Waals surface area contributed by atoms with Crippen molar-refractivity contribution < 1.29 is 4.79 Å². The molecule has 1 amide bonds. The number of hydrogen-bond donors (Lipinski definition) is 2. The highest BCUT2D eigenvalue weighted by atomic mass is 35.6. The second kappa shape index (κ2) is 15.2. The first-order chi connectivity index (χ1) is 13.8. The van der Waals surface area contributed by atoms with Gasteiger partial charge in [0.2, 0.25) is 9.70 Å². The molecular formula is C23H37Cl3N2O. The molecule has 0 unspecified atom stereocenters. The van der Waals surface area contributed by atoms with Crippen LogP contribution in [0.25, 0.3) is 0 Å². The van der Waals surface area contributed by atoms with E-state index in [0.29, 0.717) is 6.42 Å². The number of carbonyl (C=O) groups excluding carboxylic acids is 1. The zero-order valence-electron chi connectivity index (χ0n) is 17.9. The maximum atomic E-state index is 12.3. The summed E-state index contributed by atoms with van der Waals surface area (Å²) in [6, 6.07) is 7.70. The number of carbonyl (C=O) groups is 1. The number of para-hydroxylation sites is 1. The summed E-state index contributed by atoms with van der Waals surface area (Å²) < 4.78 is -1.64.